The number of fused-ring (bicyclic) bond motifs is 1. The highest BCUT2D eigenvalue weighted by Gasteiger charge is 2.28. The highest BCUT2D eigenvalue weighted by molar-refractivity contribution is 5.99. The minimum Gasteiger partial charge on any atom is -0.479 e. The minimum absolute atomic E-state index is 0.0238. The molecule has 1 aromatic carbocycles. The van der Waals surface area contributed by atoms with E-state index in [1.54, 1.807) is 49.2 Å². The number of allylic oxidation sites excluding steroid dienone is 1. The molecule has 0 saturated carbocycles. The molecule has 0 fully saturated rings. The summed E-state index contributed by atoms with van der Waals surface area (Å²) in [5.74, 6) is 0.475. The maximum Gasteiger partial charge on any atom is 0.267 e. The Balaban J connectivity index is 2.28. The summed E-state index contributed by atoms with van der Waals surface area (Å²) in [4.78, 5) is 13.3. The van der Waals surface area contributed by atoms with Gasteiger partial charge in [-0.05, 0) is 19.1 Å². The molecular weight excluding hydrogens is 256 g/mol. The van der Waals surface area contributed by atoms with Crippen LogP contribution in [0.1, 0.15) is 6.92 Å². The summed E-state index contributed by atoms with van der Waals surface area (Å²) in [6.07, 6.45) is 0.787. The number of hydrogen-bond acceptors (Lipinski definition) is 5. The number of carbonyl (C=O) groups excluding carboxylic acids is 1. The standard InChI is InChI=1S/C14H12N4O2/c1-9-14(19)18(2)12-4-3-11(5-13(12)20-9)17-8-10(6-15)7-16/h3-5,8-9,17H,1-2H3. The molecule has 1 atom stereocenters. The van der Waals surface area contributed by atoms with E-state index in [1.165, 1.54) is 6.20 Å². The van der Waals surface area contributed by atoms with E-state index < -0.39 is 6.10 Å². The molecule has 6 nitrogen and oxygen atoms in total. The maximum atomic E-state index is 11.8. The van der Waals surface area contributed by atoms with Crippen molar-refractivity contribution in [1.29, 1.82) is 10.5 Å². The second kappa shape index (κ2) is 5.33. The Labute approximate surface area is 116 Å². The summed E-state index contributed by atoms with van der Waals surface area (Å²) in [5, 5.41) is 20.1. The van der Waals surface area contributed by atoms with Gasteiger partial charge in [0.2, 0.25) is 0 Å². The lowest BCUT2D eigenvalue weighted by Gasteiger charge is -2.30. The first-order valence-corrected chi connectivity index (χ1v) is 5.92. The van der Waals surface area contributed by atoms with E-state index in [0.29, 0.717) is 17.1 Å². The Morgan fingerprint density at radius 1 is 1.45 bits per heavy atom. The fourth-order valence-electron chi connectivity index (χ4n) is 1.85. The molecule has 1 N–H and O–H groups in total. The van der Waals surface area contributed by atoms with E-state index in [-0.39, 0.29) is 11.5 Å². The van der Waals surface area contributed by atoms with Crippen LogP contribution in [0.15, 0.2) is 30.0 Å². The monoisotopic (exact) mass is 268 g/mol. The summed E-state index contributed by atoms with van der Waals surface area (Å²) in [7, 11) is 1.69. The molecule has 0 aliphatic carbocycles. The first-order chi connectivity index (χ1) is 9.56. The van der Waals surface area contributed by atoms with Gasteiger partial charge in [0, 0.05) is 25.0 Å². The fourth-order valence-corrected chi connectivity index (χ4v) is 1.85. The van der Waals surface area contributed by atoms with E-state index in [1.807, 2.05) is 0 Å². The SMILES string of the molecule is CC1Oc2cc(NC=C(C#N)C#N)ccc2N(C)C1=O. The number of nitriles is 2. The largest absolute Gasteiger partial charge is 0.479 e. The van der Waals surface area contributed by atoms with Crippen LogP contribution in [0.25, 0.3) is 0 Å². The van der Waals surface area contributed by atoms with Gasteiger partial charge in [0.1, 0.15) is 23.5 Å². The molecule has 20 heavy (non-hydrogen) atoms. The van der Waals surface area contributed by atoms with Crippen LogP contribution in [0.3, 0.4) is 0 Å². The van der Waals surface area contributed by atoms with Crippen LogP contribution in [0.4, 0.5) is 11.4 Å². The molecule has 0 bridgehead atoms. The predicted octanol–water partition coefficient (Wildman–Crippen LogP) is 1.77. The van der Waals surface area contributed by atoms with Gasteiger partial charge in [-0.15, -0.1) is 0 Å². The third-order valence-corrected chi connectivity index (χ3v) is 2.93. The van der Waals surface area contributed by atoms with Gasteiger partial charge >= 0.3 is 0 Å². The highest BCUT2D eigenvalue weighted by Crippen LogP contribution is 2.35. The molecule has 1 aliphatic heterocycles. The summed E-state index contributed by atoms with van der Waals surface area (Å²) in [6, 6.07) is 8.72. The number of likely N-dealkylation sites (N-methyl/N-ethyl adjacent to an activating group) is 1. The van der Waals surface area contributed by atoms with Crippen LogP contribution in [-0.2, 0) is 4.79 Å². The molecule has 1 amide bonds. The molecule has 0 radical (unpaired) electrons. The van der Waals surface area contributed by atoms with Gasteiger partial charge in [-0.25, -0.2) is 0 Å². The molecular formula is C14H12N4O2. The van der Waals surface area contributed by atoms with Crippen molar-refractivity contribution >= 4 is 17.3 Å². The maximum absolute atomic E-state index is 11.8. The summed E-state index contributed by atoms with van der Waals surface area (Å²) in [6.45, 7) is 1.69. The van der Waals surface area contributed by atoms with Crippen molar-refractivity contribution in [2.24, 2.45) is 0 Å². The molecule has 2 rings (SSSR count). The number of carbonyl (C=O) groups is 1. The molecule has 1 heterocycles. The van der Waals surface area contributed by atoms with Crippen LogP contribution >= 0.6 is 0 Å². The molecule has 1 unspecified atom stereocenters. The quantitative estimate of drug-likeness (QED) is 0.826. The van der Waals surface area contributed by atoms with E-state index in [4.69, 9.17) is 15.3 Å². The first kappa shape index (κ1) is 13.4. The smallest absolute Gasteiger partial charge is 0.267 e. The van der Waals surface area contributed by atoms with Gasteiger partial charge in [0.05, 0.1) is 5.69 Å². The number of benzene rings is 1. The average molecular weight is 268 g/mol. The lowest BCUT2D eigenvalue weighted by molar-refractivity contribution is -0.125. The van der Waals surface area contributed by atoms with Gasteiger partial charge < -0.3 is 15.0 Å². The third kappa shape index (κ3) is 2.40. The molecule has 100 valence electrons. The average Bonchev–Trinajstić information content (AvgIpc) is 2.46. The lowest BCUT2D eigenvalue weighted by Crippen LogP contribution is -2.41. The molecule has 0 aromatic heterocycles. The highest BCUT2D eigenvalue weighted by atomic mass is 16.5. The third-order valence-electron chi connectivity index (χ3n) is 2.93. The molecule has 0 spiro atoms. The summed E-state index contributed by atoms with van der Waals surface area (Å²) < 4.78 is 5.53. The Morgan fingerprint density at radius 2 is 2.15 bits per heavy atom. The first-order valence-electron chi connectivity index (χ1n) is 5.92. The van der Waals surface area contributed by atoms with Gasteiger partial charge in [-0.3, -0.25) is 4.79 Å². The van der Waals surface area contributed by atoms with Crippen molar-refractivity contribution in [2.75, 3.05) is 17.3 Å². The van der Waals surface area contributed by atoms with Crippen LogP contribution < -0.4 is 15.0 Å². The van der Waals surface area contributed by atoms with Crippen molar-refractivity contribution in [3.05, 3.63) is 30.0 Å². The Bertz CT molecular complexity index is 651. The van der Waals surface area contributed by atoms with Crippen LogP contribution in [0.2, 0.25) is 0 Å². The molecule has 0 saturated heterocycles. The summed E-state index contributed by atoms with van der Waals surface area (Å²) >= 11 is 0. The normalized spacial score (nSPS) is 16.3. The number of hydrogen-bond donors (Lipinski definition) is 1. The van der Waals surface area contributed by atoms with Crippen molar-refractivity contribution in [3.8, 4) is 17.9 Å². The lowest BCUT2D eigenvalue weighted by atomic mass is 10.2. The number of ether oxygens (including phenoxy) is 1. The Hall–Kier alpha value is -2.99. The molecule has 6 heteroatoms. The molecule has 1 aliphatic rings. The van der Waals surface area contributed by atoms with Crippen LogP contribution in [-0.4, -0.2) is 19.1 Å². The van der Waals surface area contributed by atoms with Crippen molar-refractivity contribution < 1.29 is 9.53 Å². The topological polar surface area (TPSA) is 89.2 Å². The van der Waals surface area contributed by atoms with Gasteiger partial charge in [-0.2, -0.15) is 10.5 Å². The molecule has 1 aromatic rings. The fraction of sp³-hybridized carbons (Fsp3) is 0.214. The van der Waals surface area contributed by atoms with Crippen molar-refractivity contribution in [2.45, 2.75) is 13.0 Å². The van der Waals surface area contributed by atoms with Gasteiger partial charge in [-0.1, -0.05) is 0 Å². The zero-order chi connectivity index (χ0) is 14.7. The van der Waals surface area contributed by atoms with Crippen LogP contribution in [0.5, 0.6) is 5.75 Å². The number of nitrogens with one attached hydrogen (secondary N) is 1. The van der Waals surface area contributed by atoms with E-state index >= 15 is 0 Å². The number of amides is 1. The predicted molar refractivity (Wildman–Crippen MR) is 72.9 cm³/mol. The summed E-state index contributed by atoms with van der Waals surface area (Å²) in [5.41, 5.74) is 1.33. The zero-order valence-corrected chi connectivity index (χ0v) is 11.0. The number of nitrogens with zero attached hydrogens (tertiary/aromatic N) is 3. The van der Waals surface area contributed by atoms with Gasteiger partial charge in [0.15, 0.2) is 6.10 Å². The van der Waals surface area contributed by atoms with E-state index in [0.717, 1.165) is 0 Å². The van der Waals surface area contributed by atoms with Crippen LogP contribution in [0, 0.1) is 22.7 Å². The van der Waals surface area contributed by atoms with E-state index in [9.17, 15) is 4.79 Å². The second-order valence-electron chi connectivity index (χ2n) is 4.27. The van der Waals surface area contributed by atoms with Gasteiger partial charge in [0.25, 0.3) is 5.91 Å². The Morgan fingerprint density at radius 3 is 2.80 bits per heavy atom. The number of rotatable bonds is 2. The second-order valence-corrected chi connectivity index (χ2v) is 4.27. The van der Waals surface area contributed by atoms with Crippen molar-refractivity contribution in [3.63, 3.8) is 0 Å². The van der Waals surface area contributed by atoms with Crippen molar-refractivity contribution in [1.82, 2.24) is 0 Å². The zero-order valence-electron chi connectivity index (χ0n) is 11.0. The number of anilines is 2. The minimum atomic E-state index is -0.535. The Kier molecular flexibility index (Phi) is 3.58. The van der Waals surface area contributed by atoms with E-state index in [2.05, 4.69) is 5.32 Å².